The number of nitrogens with zero attached hydrogens (tertiary/aromatic N) is 1. The van der Waals surface area contributed by atoms with Crippen molar-refractivity contribution < 1.29 is 9.84 Å². The summed E-state index contributed by atoms with van der Waals surface area (Å²) in [6.45, 7) is 3.13. The van der Waals surface area contributed by atoms with Crippen LogP contribution in [-0.2, 0) is 6.54 Å². The van der Waals surface area contributed by atoms with Crippen LogP contribution in [0.5, 0.6) is 5.75 Å². The molecule has 1 unspecified atom stereocenters. The van der Waals surface area contributed by atoms with E-state index >= 15 is 0 Å². The Morgan fingerprint density at radius 3 is 2.89 bits per heavy atom. The van der Waals surface area contributed by atoms with Crippen LogP contribution in [0.3, 0.4) is 0 Å². The summed E-state index contributed by atoms with van der Waals surface area (Å²) < 4.78 is 8.67. The lowest BCUT2D eigenvalue weighted by Gasteiger charge is -2.07. The molecule has 2 aromatic rings. The molecule has 0 radical (unpaired) electrons. The number of aliphatic hydroxyl groups excluding tert-OH is 1. The van der Waals surface area contributed by atoms with E-state index in [1.807, 2.05) is 47.3 Å². The number of halogens is 1. The minimum Gasteiger partial charge on any atom is -0.492 e. The molecular weight excluding hydrogens is 294 g/mol. The number of aromatic nitrogens is 1. The summed E-state index contributed by atoms with van der Waals surface area (Å²) in [6, 6.07) is 9.71. The van der Waals surface area contributed by atoms with Crippen molar-refractivity contribution in [2.45, 2.75) is 19.6 Å². The van der Waals surface area contributed by atoms with E-state index in [2.05, 4.69) is 15.9 Å². The van der Waals surface area contributed by atoms with Crippen molar-refractivity contribution in [3.05, 3.63) is 52.8 Å². The first-order valence-corrected chi connectivity index (χ1v) is 6.66. The third kappa shape index (κ3) is 3.62. The summed E-state index contributed by atoms with van der Waals surface area (Å²) in [7, 11) is 0. The second-order valence-electron chi connectivity index (χ2n) is 4.16. The molecule has 4 heteroatoms. The van der Waals surface area contributed by atoms with Gasteiger partial charge < -0.3 is 14.4 Å². The van der Waals surface area contributed by atoms with Crippen LogP contribution in [0.25, 0.3) is 0 Å². The van der Waals surface area contributed by atoms with Crippen molar-refractivity contribution in [3.63, 3.8) is 0 Å². The first kappa shape index (κ1) is 13.2. The summed E-state index contributed by atoms with van der Waals surface area (Å²) in [5.41, 5.74) is 0.928. The Bertz CT molecular complexity index is 508. The van der Waals surface area contributed by atoms with E-state index in [1.165, 1.54) is 0 Å². The van der Waals surface area contributed by atoms with Gasteiger partial charge in [-0.3, -0.25) is 0 Å². The number of rotatable bonds is 5. The van der Waals surface area contributed by atoms with Crippen molar-refractivity contribution in [1.29, 1.82) is 0 Å². The predicted octanol–water partition coefficient (Wildman–Crippen LogP) is 3.38. The number of aliphatic hydroxyl groups is 1. The summed E-state index contributed by atoms with van der Waals surface area (Å²) in [5.74, 6) is 0.854. The van der Waals surface area contributed by atoms with Crippen LogP contribution in [0.4, 0.5) is 0 Å². The standard InChI is InChI=1S/C14H16BrNO2/c1-11(17)12-5-6-16(10-12)7-8-18-14-4-2-3-13(15)9-14/h2-6,9-11,17H,7-8H2,1H3. The minimum atomic E-state index is -0.419. The Labute approximate surface area is 115 Å². The van der Waals surface area contributed by atoms with Crippen molar-refractivity contribution in [3.8, 4) is 5.75 Å². The lowest BCUT2D eigenvalue weighted by Crippen LogP contribution is -2.06. The zero-order valence-corrected chi connectivity index (χ0v) is 11.8. The average molecular weight is 310 g/mol. The maximum absolute atomic E-state index is 9.42. The molecule has 1 atom stereocenters. The van der Waals surface area contributed by atoms with E-state index in [0.717, 1.165) is 22.3 Å². The van der Waals surface area contributed by atoms with Gasteiger partial charge in [0.2, 0.25) is 0 Å². The van der Waals surface area contributed by atoms with Gasteiger partial charge in [-0.25, -0.2) is 0 Å². The third-order valence-corrected chi connectivity index (χ3v) is 3.16. The summed E-state index contributed by atoms with van der Waals surface area (Å²) in [5, 5.41) is 9.42. The maximum Gasteiger partial charge on any atom is 0.120 e. The number of ether oxygens (including phenoxy) is 1. The van der Waals surface area contributed by atoms with Crippen molar-refractivity contribution in [2.24, 2.45) is 0 Å². The Hall–Kier alpha value is -1.26. The van der Waals surface area contributed by atoms with E-state index in [9.17, 15) is 5.11 Å². The topological polar surface area (TPSA) is 34.4 Å². The zero-order valence-electron chi connectivity index (χ0n) is 10.2. The smallest absolute Gasteiger partial charge is 0.120 e. The normalized spacial score (nSPS) is 12.4. The van der Waals surface area contributed by atoms with E-state index in [-0.39, 0.29) is 0 Å². The van der Waals surface area contributed by atoms with Crippen molar-refractivity contribution in [2.75, 3.05) is 6.61 Å². The van der Waals surface area contributed by atoms with Crippen LogP contribution in [0.1, 0.15) is 18.6 Å². The van der Waals surface area contributed by atoms with E-state index < -0.39 is 6.10 Å². The van der Waals surface area contributed by atoms with Gasteiger partial charge in [-0.2, -0.15) is 0 Å². The van der Waals surface area contributed by atoms with Crippen LogP contribution in [0.15, 0.2) is 47.2 Å². The second-order valence-corrected chi connectivity index (χ2v) is 5.08. The first-order valence-electron chi connectivity index (χ1n) is 5.87. The highest BCUT2D eigenvalue weighted by Gasteiger charge is 2.02. The number of benzene rings is 1. The van der Waals surface area contributed by atoms with Crippen LogP contribution >= 0.6 is 15.9 Å². The largest absolute Gasteiger partial charge is 0.492 e. The number of hydrogen-bond acceptors (Lipinski definition) is 2. The SMILES string of the molecule is CC(O)c1ccn(CCOc2cccc(Br)c2)c1. The van der Waals surface area contributed by atoms with Crippen LogP contribution in [0, 0.1) is 0 Å². The minimum absolute atomic E-state index is 0.419. The molecule has 0 aliphatic carbocycles. The molecule has 0 saturated carbocycles. The van der Waals surface area contributed by atoms with Gasteiger partial charge in [-0.1, -0.05) is 22.0 Å². The highest BCUT2D eigenvalue weighted by atomic mass is 79.9. The van der Waals surface area contributed by atoms with Gasteiger partial charge in [0.1, 0.15) is 12.4 Å². The first-order chi connectivity index (χ1) is 8.65. The fraction of sp³-hybridized carbons (Fsp3) is 0.286. The molecule has 1 aromatic carbocycles. The molecule has 96 valence electrons. The molecule has 0 saturated heterocycles. The molecule has 0 aliphatic heterocycles. The van der Waals surface area contributed by atoms with Gasteiger partial charge in [0.15, 0.2) is 0 Å². The van der Waals surface area contributed by atoms with Gasteiger partial charge in [-0.05, 0) is 36.8 Å². The molecule has 18 heavy (non-hydrogen) atoms. The summed E-state index contributed by atoms with van der Waals surface area (Å²) in [4.78, 5) is 0. The van der Waals surface area contributed by atoms with Gasteiger partial charge in [0.05, 0.1) is 12.6 Å². The monoisotopic (exact) mass is 309 g/mol. The fourth-order valence-electron chi connectivity index (χ4n) is 1.67. The third-order valence-electron chi connectivity index (χ3n) is 2.67. The van der Waals surface area contributed by atoms with E-state index in [0.29, 0.717) is 6.61 Å². The van der Waals surface area contributed by atoms with E-state index in [1.54, 1.807) is 6.92 Å². The molecule has 0 aliphatic rings. The zero-order chi connectivity index (χ0) is 13.0. The highest BCUT2D eigenvalue weighted by Crippen LogP contribution is 2.18. The van der Waals surface area contributed by atoms with Gasteiger partial charge in [-0.15, -0.1) is 0 Å². The summed E-state index contributed by atoms with van der Waals surface area (Å²) in [6.07, 6.45) is 3.47. The lowest BCUT2D eigenvalue weighted by molar-refractivity contribution is 0.199. The molecule has 0 bridgehead atoms. The molecule has 1 aromatic heterocycles. The molecule has 1 heterocycles. The van der Waals surface area contributed by atoms with Gasteiger partial charge in [0, 0.05) is 16.9 Å². The van der Waals surface area contributed by atoms with Crippen LogP contribution in [-0.4, -0.2) is 16.3 Å². The molecule has 0 fully saturated rings. The molecule has 2 rings (SSSR count). The Kier molecular flexibility index (Phi) is 4.44. The fourth-order valence-corrected chi connectivity index (χ4v) is 2.05. The molecule has 1 N–H and O–H groups in total. The van der Waals surface area contributed by atoms with Crippen LogP contribution < -0.4 is 4.74 Å². The quantitative estimate of drug-likeness (QED) is 0.918. The van der Waals surface area contributed by atoms with Gasteiger partial charge in [0.25, 0.3) is 0 Å². The average Bonchev–Trinajstić information content (AvgIpc) is 2.78. The maximum atomic E-state index is 9.42. The van der Waals surface area contributed by atoms with Gasteiger partial charge >= 0.3 is 0 Å². The predicted molar refractivity (Wildman–Crippen MR) is 74.7 cm³/mol. The van der Waals surface area contributed by atoms with Crippen molar-refractivity contribution >= 4 is 15.9 Å². The lowest BCUT2D eigenvalue weighted by atomic mass is 10.2. The van der Waals surface area contributed by atoms with E-state index in [4.69, 9.17) is 4.74 Å². The Morgan fingerprint density at radius 2 is 2.22 bits per heavy atom. The molecule has 3 nitrogen and oxygen atoms in total. The Morgan fingerprint density at radius 1 is 1.39 bits per heavy atom. The van der Waals surface area contributed by atoms with Crippen molar-refractivity contribution in [1.82, 2.24) is 4.57 Å². The Balaban J connectivity index is 1.84. The van der Waals surface area contributed by atoms with Crippen LogP contribution in [0.2, 0.25) is 0 Å². The molecular formula is C14H16BrNO2. The second kappa shape index (κ2) is 6.07. The summed E-state index contributed by atoms with van der Waals surface area (Å²) >= 11 is 3.41. The molecule has 0 spiro atoms. The molecule has 0 amide bonds. The number of hydrogen-bond donors (Lipinski definition) is 1. The highest BCUT2D eigenvalue weighted by molar-refractivity contribution is 9.10.